The quantitative estimate of drug-likeness (QED) is 0.534. The third kappa shape index (κ3) is 3.10. The van der Waals surface area contributed by atoms with Crippen molar-refractivity contribution in [2.75, 3.05) is 7.05 Å². The number of hydrogen-bond acceptors (Lipinski definition) is 4. The molecule has 30 heavy (non-hydrogen) atoms. The summed E-state index contributed by atoms with van der Waals surface area (Å²) in [6, 6.07) is 5.38. The van der Waals surface area contributed by atoms with Crippen LogP contribution in [0.4, 0.5) is 4.39 Å². The Balaban J connectivity index is 1.58. The Labute approximate surface area is 174 Å². The minimum Gasteiger partial charge on any atom is -0.297 e. The maximum atomic E-state index is 15.0. The molecule has 4 aromatic rings. The van der Waals surface area contributed by atoms with Crippen molar-refractivity contribution in [3.05, 3.63) is 53.7 Å². The highest BCUT2D eigenvalue weighted by Gasteiger charge is 2.41. The van der Waals surface area contributed by atoms with E-state index < -0.39 is 0 Å². The van der Waals surface area contributed by atoms with Gasteiger partial charge in [-0.05, 0) is 57.0 Å². The van der Waals surface area contributed by atoms with Crippen LogP contribution >= 0.6 is 0 Å². The van der Waals surface area contributed by atoms with E-state index in [0.717, 1.165) is 39.8 Å². The van der Waals surface area contributed by atoms with Crippen LogP contribution in [0.2, 0.25) is 0 Å². The summed E-state index contributed by atoms with van der Waals surface area (Å²) in [5, 5.41) is 12.6. The third-order valence-corrected chi connectivity index (χ3v) is 6.51. The molecule has 0 amide bonds. The molecule has 0 aliphatic heterocycles. The average Bonchev–Trinajstić information content (AvgIpc) is 3.13. The van der Waals surface area contributed by atoms with Gasteiger partial charge in [0, 0.05) is 41.8 Å². The Bertz CT molecular complexity index is 1250. The average molecular weight is 404 g/mol. The molecule has 154 valence electrons. The van der Waals surface area contributed by atoms with E-state index in [1.807, 2.05) is 32.3 Å². The largest absolute Gasteiger partial charge is 0.297 e. The molecule has 7 heteroatoms. The second-order valence-corrected chi connectivity index (χ2v) is 8.65. The molecule has 1 aliphatic carbocycles. The fourth-order valence-corrected chi connectivity index (χ4v) is 4.03. The number of nitrogens with zero attached hydrogens (tertiary/aromatic N) is 5. The molecule has 1 fully saturated rings. The van der Waals surface area contributed by atoms with E-state index in [4.69, 9.17) is 0 Å². The predicted molar refractivity (Wildman–Crippen MR) is 115 cm³/mol. The second-order valence-electron chi connectivity index (χ2n) is 8.65. The zero-order valence-electron chi connectivity index (χ0n) is 17.7. The van der Waals surface area contributed by atoms with Crippen molar-refractivity contribution in [1.29, 1.82) is 0 Å². The van der Waals surface area contributed by atoms with Gasteiger partial charge in [0.2, 0.25) is 0 Å². The number of hydrogen-bond donors (Lipinski definition) is 1. The van der Waals surface area contributed by atoms with Crippen molar-refractivity contribution in [2.45, 2.75) is 38.8 Å². The van der Waals surface area contributed by atoms with E-state index in [9.17, 15) is 4.39 Å². The number of aromatic nitrogens is 5. The van der Waals surface area contributed by atoms with Crippen molar-refractivity contribution < 1.29 is 4.39 Å². The van der Waals surface area contributed by atoms with Crippen LogP contribution in [0.5, 0.6) is 0 Å². The van der Waals surface area contributed by atoms with Crippen molar-refractivity contribution in [3.63, 3.8) is 0 Å². The van der Waals surface area contributed by atoms with Crippen molar-refractivity contribution in [2.24, 2.45) is 7.05 Å². The number of nitrogens with one attached hydrogen (secondary N) is 1. The number of pyridine rings is 1. The SMILES string of the molecule is Cc1c(CN(C)C2(C)CC2)ccc(F)c1-c1cc2c(-c3cnn(C)c3)n[nH]c2cn1. The summed E-state index contributed by atoms with van der Waals surface area (Å²) in [4.78, 5) is 6.91. The minimum absolute atomic E-state index is 0.255. The Morgan fingerprint density at radius 3 is 2.77 bits per heavy atom. The molecule has 0 unspecified atom stereocenters. The summed E-state index contributed by atoms with van der Waals surface area (Å²) in [5.74, 6) is -0.255. The Morgan fingerprint density at radius 1 is 1.27 bits per heavy atom. The van der Waals surface area contributed by atoms with E-state index in [-0.39, 0.29) is 11.4 Å². The molecule has 0 atom stereocenters. The zero-order chi connectivity index (χ0) is 21.0. The first-order chi connectivity index (χ1) is 14.4. The molecule has 0 bridgehead atoms. The first-order valence-corrected chi connectivity index (χ1v) is 10.2. The lowest BCUT2D eigenvalue weighted by atomic mass is 9.97. The summed E-state index contributed by atoms with van der Waals surface area (Å²) in [5.41, 5.74) is 6.02. The van der Waals surface area contributed by atoms with Gasteiger partial charge >= 0.3 is 0 Å². The highest BCUT2D eigenvalue weighted by molar-refractivity contribution is 5.94. The van der Waals surface area contributed by atoms with Crippen LogP contribution in [0, 0.1) is 12.7 Å². The normalized spacial score (nSPS) is 15.3. The monoisotopic (exact) mass is 404 g/mol. The lowest BCUT2D eigenvalue weighted by molar-refractivity contribution is 0.229. The van der Waals surface area contributed by atoms with Crippen LogP contribution in [0.25, 0.3) is 33.4 Å². The molecule has 1 saturated carbocycles. The van der Waals surface area contributed by atoms with Gasteiger partial charge in [0.05, 0.1) is 23.6 Å². The highest BCUT2D eigenvalue weighted by atomic mass is 19.1. The maximum absolute atomic E-state index is 15.0. The fraction of sp³-hybridized carbons (Fsp3) is 0.348. The van der Waals surface area contributed by atoms with Crippen molar-refractivity contribution in [1.82, 2.24) is 29.9 Å². The van der Waals surface area contributed by atoms with Gasteiger partial charge in [-0.15, -0.1) is 0 Å². The highest BCUT2D eigenvalue weighted by Crippen LogP contribution is 2.41. The fourth-order valence-electron chi connectivity index (χ4n) is 4.03. The van der Waals surface area contributed by atoms with E-state index in [1.54, 1.807) is 23.1 Å². The topological polar surface area (TPSA) is 62.6 Å². The van der Waals surface area contributed by atoms with Crippen molar-refractivity contribution in [3.8, 4) is 22.5 Å². The smallest absolute Gasteiger partial charge is 0.132 e. The molecule has 6 nitrogen and oxygen atoms in total. The minimum atomic E-state index is -0.255. The van der Waals surface area contributed by atoms with Gasteiger partial charge in [-0.2, -0.15) is 10.2 Å². The van der Waals surface area contributed by atoms with Crippen LogP contribution in [0.3, 0.4) is 0 Å². The molecule has 0 saturated heterocycles. The number of rotatable bonds is 5. The number of fused-ring (bicyclic) bond motifs is 1. The molecule has 0 spiro atoms. The Kier molecular flexibility index (Phi) is 4.25. The Morgan fingerprint density at radius 2 is 2.07 bits per heavy atom. The van der Waals surface area contributed by atoms with E-state index in [0.29, 0.717) is 11.3 Å². The molecule has 3 heterocycles. The summed E-state index contributed by atoms with van der Waals surface area (Å²) in [6.07, 6.45) is 7.84. The first-order valence-electron chi connectivity index (χ1n) is 10.2. The molecular formula is C23H25FN6. The predicted octanol–water partition coefficient (Wildman–Crippen LogP) is 4.46. The van der Waals surface area contributed by atoms with Crippen LogP contribution in [-0.4, -0.2) is 42.4 Å². The molecule has 3 aromatic heterocycles. The number of aromatic amines is 1. The summed E-state index contributed by atoms with van der Waals surface area (Å²) < 4.78 is 16.7. The van der Waals surface area contributed by atoms with Gasteiger partial charge in [0.15, 0.2) is 0 Å². The van der Waals surface area contributed by atoms with E-state index in [1.165, 1.54) is 12.8 Å². The molecule has 1 aromatic carbocycles. The summed E-state index contributed by atoms with van der Waals surface area (Å²) >= 11 is 0. The second kappa shape index (κ2) is 6.74. The standard InChI is InChI=1S/C23H25FN6/c1-14-15(12-29(3)23(2)7-8-23)5-6-18(24)21(14)19-9-17-20(11-25-19)27-28-22(17)16-10-26-30(4)13-16/h5-6,9-11,13H,7-8,12H2,1-4H3,(H,27,28). The van der Waals surface area contributed by atoms with E-state index in [2.05, 4.69) is 39.2 Å². The summed E-state index contributed by atoms with van der Waals surface area (Å²) in [7, 11) is 4.01. The van der Waals surface area contributed by atoms with Gasteiger partial charge in [-0.3, -0.25) is 19.7 Å². The molecule has 1 N–H and O–H groups in total. The number of aryl methyl sites for hydroxylation is 1. The van der Waals surface area contributed by atoms with Gasteiger partial charge in [-0.1, -0.05) is 6.07 Å². The van der Waals surface area contributed by atoms with Crippen LogP contribution in [0.15, 0.2) is 36.8 Å². The number of H-pyrrole nitrogens is 1. The van der Waals surface area contributed by atoms with Gasteiger partial charge in [-0.25, -0.2) is 4.39 Å². The first kappa shape index (κ1) is 18.9. The van der Waals surface area contributed by atoms with Crippen LogP contribution in [-0.2, 0) is 13.6 Å². The van der Waals surface area contributed by atoms with Gasteiger partial charge < -0.3 is 0 Å². The third-order valence-electron chi connectivity index (χ3n) is 6.51. The number of halogens is 1. The lowest BCUT2D eigenvalue weighted by Gasteiger charge is -2.25. The molecular weight excluding hydrogens is 379 g/mol. The molecule has 5 rings (SSSR count). The van der Waals surface area contributed by atoms with Gasteiger partial charge in [0.25, 0.3) is 0 Å². The summed E-state index contributed by atoms with van der Waals surface area (Å²) in [6.45, 7) is 5.06. The van der Waals surface area contributed by atoms with Gasteiger partial charge in [0.1, 0.15) is 11.5 Å². The number of benzene rings is 1. The maximum Gasteiger partial charge on any atom is 0.132 e. The van der Waals surface area contributed by atoms with Crippen LogP contribution in [0.1, 0.15) is 30.9 Å². The Hall–Kier alpha value is -3.06. The molecule has 0 radical (unpaired) electrons. The zero-order valence-corrected chi connectivity index (χ0v) is 17.7. The van der Waals surface area contributed by atoms with Crippen molar-refractivity contribution >= 4 is 10.9 Å². The lowest BCUT2D eigenvalue weighted by Crippen LogP contribution is -2.30. The molecule has 1 aliphatic rings. The van der Waals surface area contributed by atoms with Crippen LogP contribution < -0.4 is 0 Å². The van der Waals surface area contributed by atoms with E-state index >= 15 is 0 Å².